The van der Waals surface area contributed by atoms with Gasteiger partial charge in [-0.15, -0.1) is 0 Å². The maximum absolute atomic E-state index is 14.3. The van der Waals surface area contributed by atoms with E-state index in [4.69, 9.17) is 4.74 Å². The van der Waals surface area contributed by atoms with Crippen molar-refractivity contribution in [2.75, 3.05) is 31.4 Å². The Morgan fingerprint density at radius 3 is 2.49 bits per heavy atom. The second-order valence-electron chi connectivity index (χ2n) is 6.87. The monoisotopic (exact) mass is 493 g/mol. The van der Waals surface area contributed by atoms with E-state index in [2.05, 4.69) is 30.7 Å². The van der Waals surface area contributed by atoms with Crippen molar-refractivity contribution in [1.29, 1.82) is 0 Å². The molecule has 3 rings (SSSR count). The van der Waals surface area contributed by atoms with Crippen LogP contribution in [0.1, 0.15) is 20.7 Å². The van der Waals surface area contributed by atoms with Crippen molar-refractivity contribution in [2.45, 2.75) is 6.18 Å². The van der Waals surface area contributed by atoms with E-state index >= 15 is 0 Å². The van der Waals surface area contributed by atoms with Gasteiger partial charge in [0.2, 0.25) is 0 Å². The fourth-order valence-corrected chi connectivity index (χ4v) is 2.89. The van der Waals surface area contributed by atoms with Crippen molar-refractivity contribution in [3.05, 3.63) is 65.7 Å². The Morgan fingerprint density at radius 1 is 1.06 bits per heavy atom. The molecule has 2 heterocycles. The van der Waals surface area contributed by atoms with Crippen LogP contribution >= 0.6 is 0 Å². The number of ether oxygens (including phenoxy) is 2. The van der Waals surface area contributed by atoms with Crippen molar-refractivity contribution in [1.82, 2.24) is 15.3 Å². The highest BCUT2D eigenvalue weighted by molar-refractivity contribution is 6.10. The maximum Gasteiger partial charge on any atom is 0.422 e. The number of aromatic nitrogens is 2. The molecular formula is C22H19F4N5O4. The lowest BCUT2D eigenvalue weighted by atomic mass is 10.1. The molecule has 1 aromatic carbocycles. The molecule has 0 aliphatic carbocycles. The van der Waals surface area contributed by atoms with Gasteiger partial charge in [0.15, 0.2) is 6.61 Å². The van der Waals surface area contributed by atoms with E-state index in [1.54, 1.807) is 0 Å². The van der Waals surface area contributed by atoms with Crippen molar-refractivity contribution in [3.8, 4) is 11.5 Å². The van der Waals surface area contributed by atoms with Crippen LogP contribution in [0.5, 0.6) is 11.5 Å². The molecule has 0 bridgehead atoms. The standard InChI is InChI=1S/C22H19F4N5O4/c1-27-20(32)13-10-29-18(31-17-8-12(6-7-28-17)35-11-22(24,25)26)9-15(13)30-21(33)19-14(23)4-3-5-16(19)34-2/h3-10H,11H2,1-2H3,(H,27,32)(H2,28,29,30,31,33). The van der Waals surface area contributed by atoms with Gasteiger partial charge >= 0.3 is 6.18 Å². The number of amides is 2. The molecule has 2 amide bonds. The average Bonchev–Trinajstić information content (AvgIpc) is 2.82. The van der Waals surface area contributed by atoms with Crippen LogP contribution in [0.25, 0.3) is 0 Å². The molecule has 184 valence electrons. The molecule has 35 heavy (non-hydrogen) atoms. The third-order valence-corrected chi connectivity index (χ3v) is 4.44. The minimum absolute atomic E-state index is 0.0173. The number of halogens is 4. The minimum Gasteiger partial charge on any atom is -0.496 e. The number of hydrogen-bond acceptors (Lipinski definition) is 7. The third kappa shape index (κ3) is 6.56. The summed E-state index contributed by atoms with van der Waals surface area (Å²) in [6, 6.07) is 7.58. The minimum atomic E-state index is -4.51. The lowest BCUT2D eigenvalue weighted by Crippen LogP contribution is -2.22. The molecular weight excluding hydrogens is 474 g/mol. The number of nitrogens with one attached hydrogen (secondary N) is 3. The highest BCUT2D eigenvalue weighted by atomic mass is 19.4. The zero-order valence-corrected chi connectivity index (χ0v) is 18.4. The van der Waals surface area contributed by atoms with E-state index in [1.165, 1.54) is 50.7 Å². The number of carbonyl (C=O) groups is 2. The summed E-state index contributed by atoms with van der Waals surface area (Å²) in [5, 5.41) is 7.61. The summed E-state index contributed by atoms with van der Waals surface area (Å²) < 4.78 is 61.3. The van der Waals surface area contributed by atoms with Gasteiger partial charge in [0.1, 0.15) is 34.5 Å². The highest BCUT2D eigenvalue weighted by Gasteiger charge is 2.28. The highest BCUT2D eigenvalue weighted by Crippen LogP contribution is 2.27. The molecule has 0 fully saturated rings. The summed E-state index contributed by atoms with van der Waals surface area (Å²) in [6.07, 6.45) is -2.14. The molecule has 9 nitrogen and oxygen atoms in total. The van der Waals surface area contributed by atoms with Gasteiger partial charge in [-0.2, -0.15) is 13.2 Å². The number of nitrogens with zero attached hydrogens (tertiary/aromatic N) is 2. The normalized spacial score (nSPS) is 10.9. The molecule has 2 aromatic heterocycles. The SMILES string of the molecule is CNC(=O)c1cnc(Nc2cc(OCC(F)(F)F)ccn2)cc1NC(=O)c1c(F)cccc1OC. The van der Waals surface area contributed by atoms with Gasteiger partial charge in [0.25, 0.3) is 11.8 Å². The average molecular weight is 493 g/mol. The van der Waals surface area contributed by atoms with Crippen LogP contribution in [0.4, 0.5) is 34.9 Å². The number of alkyl halides is 3. The van der Waals surface area contributed by atoms with Crippen molar-refractivity contribution >= 4 is 29.1 Å². The fourth-order valence-electron chi connectivity index (χ4n) is 2.89. The first-order valence-corrected chi connectivity index (χ1v) is 9.90. The zero-order valence-electron chi connectivity index (χ0n) is 18.4. The van der Waals surface area contributed by atoms with Gasteiger partial charge < -0.3 is 25.4 Å². The number of benzene rings is 1. The first-order valence-electron chi connectivity index (χ1n) is 9.90. The van der Waals surface area contributed by atoms with E-state index in [0.717, 1.165) is 12.3 Å². The lowest BCUT2D eigenvalue weighted by Gasteiger charge is -2.14. The van der Waals surface area contributed by atoms with E-state index in [9.17, 15) is 27.2 Å². The van der Waals surface area contributed by atoms with E-state index in [1.807, 2.05) is 0 Å². The number of rotatable bonds is 8. The second kappa shape index (κ2) is 10.7. The summed E-state index contributed by atoms with van der Waals surface area (Å²) in [6.45, 7) is -1.48. The van der Waals surface area contributed by atoms with Crippen LogP contribution < -0.4 is 25.4 Å². The second-order valence-corrected chi connectivity index (χ2v) is 6.87. The third-order valence-electron chi connectivity index (χ3n) is 4.44. The van der Waals surface area contributed by atoms with Crippen molar-refractivity contribution in [2.24, 2.45) is 0 Å². The molecule has 0 saturated heterocycles. The zero-order chi connectivity index (χ0) is 25.6. The van der Waals surface area contributed by atoms with Crippen molar-refractivity contribution < 1.29 is 36.6 Å². The summed E-state index contributed by atoms with van der Waals surface area (Å²) in [4.78, 5) is 33.1. The Hall–Kier alpha value is -4.42. The fraction of sp³-hybridized carbons (Fsp3) is 0.182. The molecule has 13 heteroatoms. The summed E-state index contributed by atoms with van der Waals surface area (Å²) >= 11 is 0. The molecule has 0 saturated carbocycles. The molecule has 0 atom stereocenters. The molecule has 0 radical (unpaired) electrons. The van der Waals surface area contributed by atoms with Crippen LogP contribution in [0.2, 0.25) is 0 Å². The predicted octanol–water partition coefficient (Wildman–Crippen LogP) is 3.92. The molecule has 0 aliphatic rings. The quantitative estimate of drug-likeness (QED) is 0.408. The molecule has 0 spiro atoms. The first kappa shape index (κ1) is 25.2. The van der Waals surface area contributed by atoms with E-state index in [-0.39, 0.29) is 39.9 Å². The molecule has 0 aliphatic heterocycles. The number of carbonyl (C=O) groups excluding carboxylic acids is 2. The Labute approximate surface area is 196 Å². The van der Waals surface area contributed by atoms with E-state index < -0.39 is 30.4 Å². The van der Waals surface area contributed by atoms with Gasteiger partial charge in [-0.3, -0.25) is 9.59 Å². The topological polar surface area (TPSA) is 114 Å². The van der Waals surface area contributed by atoms with Gasteiger partial charge in [-0.05, 0) is 18.2 Å². The smallest absolute Gasteiger partial charge is 0.422 e. The molecule has 3 N–H and O–H groups in total. The molecule has 3 aromatic rings. The van der Waals surface area contributed by atoms with Crippen LogP contribution in [0, 0.1) is 5.82 Å². The number of pyridine rings is 2. The van der Waals surface area contributed by atoms with Crippen LogP contribution in [-0.2, 0) is 0 Å². The maximum atomic E-state index is 14.3. The van der Waals surface area contributed by atoms with Gasteiger partial charge in [0.05, 0.1) is 18.4 Å². The van der Waals surface area contributed by atoms with Crippen molar-refractivity contribution in [3.63, 3.8) is 0 Å². The summed E-state index contributed by atoms with van der Waals surface area (Å²) in [7, 11) is 2.64. The number of hydrogen-bond donors (Lipinski definition) is 3. The van der Waals surface area contributed by atoms with E-state index in [0.29, 0.717) is 0 Å². The van der Waals surface area contributed by atoms with Crippen LogP contribution in [0.3, 0.4) is 0 Å². The largest absolute Gasteiger partial charge is 0.496 e. The molecule has 0 unspecified atom stereocenters. The Bertz CT molecular complexity index is 1240. The van der Waals surface area contributed by atoms with Gasteiger partial charge in [0, 0.05) is 31.6 Å². The van der Waals surface area contributed by atoms with Gasteiger partial charge in [-0.1, -0.05) is 6.07 Å². The Morgan fingerprint density at radius 2 is 1.80 bits per heavy atom. The van der Waals surface area contributed by atoms with Gasteiger partial charge in [-0.25, -0.2) is 14.4 Å². The summed E-state index contributed by atoms with van der Waals surface area (Å²) in [5.41, 5.74) is -0.432. The Kier molecular flexibility index (Phi) is 7.69. The van der Waals surface area contributed by atoms with Crippen LogP contribution in [-0.4, -0.2) is 48.7 Å². The summed E-state index contributed by atoms with van der Waals surface area (Å²) in [5.74, 6) is -2.26. The number of methoxy groups -OCH3 is 1. The Balaban J connectivity index is 1.89. The predicted molar refractivity (Wildman–Crippen MR) is 118 cm³/mol. The first-order chi connectivity index (χ1) is 16.6. The van der Waals surface area contributed by atoms with Crippen LogP contribution in [0.15, 0.2) is 48.8 Å². The lowest BCUT2D eigenvalue weighted by molar-refractivity contribution is -0.153. The number of anilines is 3.